The molecule has 0 radical (unpaired) electrons. The predicted molar refractivity (Wildman–Crippen MR) is 84.6 cm³/mol. The molecule has 112 valence electrons. The van der Waals surface area contributed by atoms with Gasteiger partial charge in [0.2, 0.25) is 5.13 Å². The molecule has 0 amide bonds. The molecule has 1 N–H and O–H groups in total. The lowest BCUT2D eigenvalue weighted by molar-refractivity contribution is 0.381. The summed E-state index contributed by atoms with van der Waals surface area (Å²) in [4.78, 5) is 7.15. The lowest BCUT2D eigenvalue weighted by Crippen LogP contribution is -2.37. The molecular weight excluding hydrogens is 268 g/mol. The molecule has 0 unspecified atom stereocenters. The third-order valence-electron chi connectivity index (χ3n) is 4.24. The highest BCUT2D eigenvalue weighted by atomic mass is 32.1. The second-order valence-corrected chi connectivity index (χ2v) is 7.99. The van der Waals surface area contributed by atoms with Crippen molar-refractivity contribution in [1.29, 1.82) is 0 Å². The van der Waals surface area contributed by atoms with E-state index in [1.54, 1.807) is 11.5 Å². The van der Waals surface area contributed by atoms with Gasteiger partial charge in [-0.25, -0.2) is 4.98 Å². The molecular formula is C15H26N4S. The summed E-state index contributed by atoms with van der Waals surface area (Å²) >= 11 is 1.56. The molecule has 1 aliphatic carbocycles. The topological polar surface area (TPSA) is 41.1 Å². The van der Waals surface area contributed by atoms with Crippen LogP contribution in [0.1, 0.15) is 52.3 Å². The third-order valence-corrected chi connectivity index (χ3v) is 5.02. The monoisotopic (exact) mass is 294 g/mol. The fraction of sp³-hybridized carbons (Fsp3) is 0.867. The zero-order chi connectivity index (χ0) is 14.2. The number of rotatable bonds is 4. The minimum Gasteiger partial charge on any atom is -0.347 e. The van der Waals surface area contributed by atoms with Crippen LogP contribution in [0.5, 0.6) is 0 Å². The van der Waals surface area contributed by atoms with Crippen LogP contribution >= 0.6 is 11.5 Å². The Morgan fingerprint density at radius 2 is 1.90 bits per heavy atom. The lowest BCUT2D eigenvalue weighted by Gasteiger charge is -2.31. The Hall–Kier alpha value is -0.680. The fourth-order valence-corrected chi connectivity index (χ4v) is 3.51. The molecule has 1 saturated heterocycles. The van der Waals surface area contributed by atoms with Crippen LogP contribution in [0.3, 0.4) is 0 Å². The standard InChI is InChI=1S/C15H26N4S/c1-15(2,3)13-17-14(20-18-13)19-8-6-11(7-9-19)10-16-12-4-5-12/h11-12,16H,4-10H2,1-3H3. The average molecular weight is 294 g/mol. The Morgan fingerprint density at radius 3 is 2.45 bits per heavy atom. The van der Waals surface area contributed by atoms with Gasteiger partial charge in [0.25, 0.3) is 0 Å². The van der Waals surface area contributed by atoms with Crippen LogP contribution in [0.25, 0.3) is 0 Å². The number of hydrogen-bond acceptors (Lipinski definition) is 5. The Labute approximate surface area is 126 Å². The van der Waals surface area contributed by atoms with Gasteiger partial charge in [-0.15, -0.1) is 0 Å². The van der Waals surface area contributed by atoms with Crippen LogP contribution in [0, 0.1) is 5.92 Å². The summed E-state index contributed by atoms with van der Waals surface area (Å²) < 4.78 is 4.53. The van der Waals surface area contributed by atoms with Crippen molar-refractivity contribution in [2.24, 2.45) is 5.92 Å². The second kappa shape index (κ2) is 5.60. The normalized spacial score (nSPS) is 21.4. The zero-order valence-corrected chi connectivity index (χ0v) is 13.7. The van der Waals surface area contributed by atoms with E-state index in [1.807, 2.05) is 0 Å². The van der Waals surface area contributed by atoms with Crippen LogP contribution in [0.4, 0.5) is 5.13 Å². The maximum atomic E-state index is 4.73. The Bertz CT molecular complexity index is 439. The largest absolute Gasteiger partial charge is 0.347 e. The number of anilines is 1. The van der Waals surface area contributed by atoms with Crippen LogP contribution in [0.2, 0.25) is 0 Å². The summed E-state index contributed by atoms with van der Waals surface area (Å²) in [5.41, 5.74) is 0.0568. The molecule has 0 aromatic carbocycles. The van der Waals surface area contributed by atoms with Crippen molar-refractivity contribution < 1.29 is 0 Å². The van der Waals surface area contributed by atoms with Gasteiger partial charge < -0.3 is 10.2 Å². The first-order valence-corrected chi connectivity index (χ1v) is 8.62. The molecule has 0 spiro atoms. The summed E-state index contributed by atoms with van der Waals surface area (Å²) in [6.45, 7) is 10.0. The molecule has 3 rings (SSSR count). The molecule has 0 atom stereocenters. The zero-order valence-electron chi connectivity index (χ0n) is 12.9. The fourth-order valence-electron chi connectivity index (χ4n) is 2.60. The molecule has 1 saturated carbocycles. The Morgan fingerprint density at radius 1 is 1.20 bits per heavy atom. The van der Waals surface area contributed by atoms with Gasteiger partial charge in [-0.3, -0.25) is 0 Å². The van der Waals surface area contributed by atoms with E-state index >= 15 is 0 Å². The first kappa shape index (κ1) is 14.3. The molecule has 1 aliphatic heterocycles. The van der Waals surface area contributed by atoms with E-state index in [0.717, 1.165) is 36.0 Å². The van der Waals surface area contributed by atoms with Gasteiger partial charge in [-0.05, 0) is 38.1 Å². The Kier molecular flexibility index (Phi) is 4.00. The SMILES string of the molecule is CC(C)(C)c1nsc(N2CCC(CNC3CC3)CC2)n1. The number of nitrogens with zero attached hydrogens (tertiary/aromatic N) is 3. The van der Waals surface area contributed by atoms with Crippen LogP contribution in [-0.2, 0) is 5.41 Å². The quantitative estimate of drug-likeness (QED) is 0.927. The van der Waals surface area contributed by atoms with E-state index in [2.05, 4.69) is 35.4 Å². The van der Waals surface area contributed by atoms with Gasteiger partial charge in [-0.1, -0.05) is 20.8 Å². The highest BCUT2D eigenvalue weighted by Gasteiger charge is 2.26. The minimum absolute atomic E-state index is 0.0568. The molecule has 5 heteroatoms. The van der Waals surface area contributed by atoms with E-state index in [4.69, 9.17) is 4.98 Å². The summed E-state index contributed by atoms with van der Waals surface area (Å²) in [6, 6.07) is 0.838. The molecule has 20 heavy (non-hydrogen) atoms. The van der Waals surface area contributed by atoms with E-state index < -0.39 is 0 Å². The van der Waals surface area contributed by atoms with E-state index in [1.165, 1.54) is 32.2 Å². The molecule has 0 bridgehead atoms. The first-order valence-electron chi connectivity index (χ1n) is 7.85. The van der Waals surface area contributed by atoms with E-state index in [-0.39, 0.29) is 5.41 Å². The van der Waals surface area contributed by atoms with Gasteiger partial charge >= 0.3 is 0 Å². The van der Waals surface area contributed by atoms with Gasteiger partial charge in [-0.2, -0.15) is 4.37 Å². The van der Waals surface area contributed by atoms with Crippen molar-refractivity contribution in [2.75, 3.05) is 24.5 Å². The van der Waals surface area contributed by atoms with Crippen LogP contribution < -0.4 is 10.2 Å². The van der Waals surface area contributed by atoms with Crippen LogP contribution in [0.15, 0.2) is 0 Å². The number of nitrogens with one attached hydrogen (secondary N) is 1. The predicted octanol–water partition coefficient (Wildman–Crippen LogP) is 2.80. The number of hydrogen-bond donors (Lipinski definition) is 1. The van der Waals surface area contributed by atoms with Gasteiger partial charge in [0.15, 0.2) is 0 Å². The van der Waals surface area contributed by atoms with Crippen molar-refractivity contribution in [3.63, 3.8) is 0 Å². The van der Waals surface area contributed by atoms with E-state index in [0.29, 0.717) is 0 Å². The molecule has 1 aromatic heterocycles. The highest BCUT2D eigenvalue weighted by Crippen LogP contribution is 2.28. The van der Waals surface area contributed by atoms with Gasteiger partial charge in [0.05, 0.1) is 0 Å². The van der Waals surface area contributed by atoms with Gasteiger partial charge in [0.1, 0.15) is 5.82 Å². The summed E-state index contributed by atoms with van der Waals surface area (Å²) in [7, 11) is 0. The summed E-state index contributed by atoms with van der Waals surface area (Å²) in [5.74, 6) is 1.83. The van der Waals surface area contributed by atoms with Crippen molar-refractivity contribution >= 4 is 16.7 Å². The minimum atomic E-state index is 0.0568. The maximum absolute atomic E-state index is 4.73. The third kappa shape index (κ3) is 3.50. The maximum Gasteiger partial charge on any atom is 0.205 e. The first-order chi connectivity index (χ1) is 9.52. The highest BCUT2D eigenvalue weighted by molar-refractivity contribution is 7.09. The molecule has 2 fully saturated rings. The number of piperidine rings is 1. The molecule has 4 nitrogen and oxygen atoms in total. The molecule has 1 aromatic rings. The van der Waals surface area contributed by atoms with Crippen LogP contribution in [-0.4, -0.2) is 35.0 Å². The smallest absolute Gasteiger partial charge is 0.205 e. The van der Waals surface area contributed by atoms with Crippen molar-refractivity contribution in [1.82, 2.24) is 14.7 Å². The second-order valence-electron chi connectivity index (χ2n) is 7.26. The molecule has 2 aliphatic rings. The summed E-state index contributed by atoms with van der Waals surface area (Å²) in [5, 5.41) is 4.78. The average Bonchev–Trinajstić information content (AvgIpc) is 3.09. The van der Waals surface area contributed by atoms with Gasteiger partial charge in [0, 0.05) is 36.1 Å². The van der Waals surface area contributed by atoms with Crippen molar-refractivity contribution in [3.05, 3.63) is 5.82 Å². The van der Waals surface area contributed by atoms with Crippen molar-refractivity contribution in [3.8, 4) is 0 Å². The Balaban J connectivity index is 1.50. The lowest BCUT2D eigenvalue weighted by atomic mass is 9.96. The number of aromatic nitrogens is 2. The van der Waals surface area contributed by atoms with Crippen molar-refractivity contribution in [2.45, 2.75) is 57.9 Å². The summed E-state index contributed by atoms with van der Waals surface area (Å²) in [6.07, 6.45) is 5.34. The molecule has 2 heterocycles. The van der Waals surface area contributed by atoms with E-state index in [9.17, 15) is 0 Å².